The lowest BCUT2D eigenvalue weighted by Crippen LogP contribution is -2.17. The molecule has 1 saturated carbocycles. The van der Waals surface area contributed by atoms with Gasteiger partial charge in [-0.05, 0) is 30.4 Å². The molecule has 0 unspecified atom stereocenters. The van der Waals surface area contributed by atoms with Crippen LogP contribution < -0.4 is 5.32 Å². The Balaban J connectivity index is 1.64. The second-order valence-corrected chi connectivity index (χ2v) is 7.06. The average Bonchev–Trinajstić information content (AvgIpc) is 3.13. The van der Waals surface area contributed by atoms with Gasteiger partial charge in [-0.25, -0.2) is 9.97 Å². The van der Waals surface area contributed by atoms with Gasteiger partial charge in [0.25, 0.3) is 0 Å². The Hall–Kier alpha value is -2.25. The van der Waals surface area contributed by atoms with Crippen molar-refractivity contribution >= 4 is 17.3 Å². The molecule has 6 nitrogen and oxygen atoms in total. The van der Waals surface area contributed by atoms with Crippen LogP contribution in [0.1, 0.15) is 18.5 Å². The van der Waals surface area contributed by atoms with Gasteiger partial charge in [-0.15, -0.1) is 11.3 Å². The van der Waals surface area contributed by atoms with Crippen molar-refractivity contribution in [1.82, 2.24) is 19.7 Å². The van der Waals surface area contributed by atoms with Crippen molar-refractivity contribution in [3.63, 3.8) is 0 Å². The molecule has 122 valence electrons. The monoisotopic (exact) mass is 339 g/mol. The summed E-state index contributed by atoms with van der Waals surface area (Å²) in [5.41, 5.74) is 4.06. The molecule has 7 heteroatoms. The Labute approximate surface area is 143 Å². The number of nitrogens with zero attached hydrogens (tertiary/aromatic N) is 4. The van der Waals surface area contributed by atoms with Crippen LogP contribution in [0.4, 0.5) is 5.95 Å². The SMILES string of the molecule is c1csc(-c2nn3c(c2-c2ccnc(NC4CC4)n2)COCC3)c1. The van der Waals surface area contributed by atoms with Crippen molar-refractivity contribution < 1.29 is 4.74 Å². The Kier molecular flexibility index (Phi) is 3.34. The number of anilines is 1. The van der Waals surface area contributed by atoms with Gasteiger partial charge >= 0.3 is 0 Å². The number of fused-ring (bicyclic) bond motifs is 1. The van der Waals surface area contributed by atoms with E-state index in [2.05, 4.69) is 32.5 Å². The van der Waals surface area contributed by atoms with Crippen LogP contribution in [0.2, 0.25) is 0 Å². The van der Waals surface area contributed by atoms with Crippen LogP contribution in [0, 0.1) is 0 Å². The summed E-state index contributed by atoms with van der Waals surface area (Å²) in [4.78, 5) is 10.3. The number of rotatable bonds is 4. The summed E-state index contributed by atoms with van der Waals surface area (Å²) in [6, 6.07) is 6.65. The summed E-state index contributed by atoms with van der Waals surface area (Å²) >= 11 is 1.70. The first-order chi connectivity index (χ1) is 11.9. The molecule has 3 aromatic heterocycles. The van der Waals surface area contributed by atoms with E-state index in [1.54, 1.807) is 11.3 Å². The van der Waals surface area contributed by atoms with E-state index < -0.39 is 0 Å². The molecule has 5 rings (SSSR count). The molecular formula is C17H17N5OS. The Morgan fingerprint density at radius 3 is 3.08 bits per heavy atom. The minimum absolute atomic E-state index is 0.529. The van der Waals surface area contributed by atoms with E-state index in [-0.39, 0.29) is 0 Å². The summed E-state index contributed by atoms with van der Waals surface area (Å²) in [5, 5.41) is 10.3. The lowest BCUT2D eigenvalue weighted by molar-refractivity contribution is 0.0804. The first kappa shape index (κ1) is 14.1. The van der Waals surface area contributed by atoms with Crippen molar-refractivity contribution in [2.45, 2.75) is 32.0 Å². The first-order valence-corrected chi connectivity index (χ1v) is 9.08. The van der Waals surface area contributed by atoms with E-state index in [1.807, 2.05) is 12.3 Å². The fourth-order valence-corrected chi connectivity index (χ4v) is 3.70. The molecule has 0 bridgehead atoms. The van der Waals surface area contributed by atoms with E-state index >= 15 is 0 Å². The van der Waals surface area contributed by atoms with Crippen molar-refractivity contribution in [2.24, 2.45) is 0 Å². The van der Waals surface area contributed by atoms with Crippen LogP contribution in [0.15, 0.2) is 29.8 Å². The van der Waals surface area contributed by atoms with E-state index in [9.17, 15) is 0 Å². The zero-order valence-corrected chi connectivity index (χ0v) is 13.9. The van der Waals surface area contributed by atoms with Crippen molar-refractivity contribution in [3.05, 3.63) is 35.5 Å². The molecule has 0 aromatic carbocycles. The topological polar surface area (TPSA) is 64.9 Å². The minimum Gasteiger partial charge on any atom is -0.373 e. The Morgan fingerprint density at radius 2 is 2.25 bits per heavy atom. The number of hydrogen-bond donors (Lipinski definition) is 1. The zero-order chi connectivity index (χ0) is 15.9. The Morgan fingerprint density at radius 1 is 1.29 bits per heavy atom. The number of thiophene rings is 1. The first-order valence-electron chi connectivity index (χ1n) is 8.20. The zero-order valence-electron chi connectivity index (χ0n) is 13.1. The maximum absolute atomic E-state index is 5.68. The second-order valence-electron chi connectivity index (χ2n) is 6.11. The number of ether oxygens (including phenoxy) is 1. The van der Waals surface area contributed by atoms with E-state index in [4.69, 9.17) is 14.8 Å². The standard InChI is InChI=1S/C17H17N5OS/c1-2-14(24-9-1)16-15(13-10-23-8-7-22(13)21-16)12-5-6-18-17(20-12)19-11-3-4-11/h1-2,5-6,9,11H,3-4,7-8,10H2,(H,18,19,20). The third-order valence-corrected chi connectivity index (χ3v) is 5.20. The van der Waals surface area contributed by atoms with Gasteiger partial charge in [0, 0.05) is 12.2 Å². The second kappa shape index (κ2) is 5.68. The largest absolute Gasteiger partial charge is 0.373 e. The molecule has 0 atom stereocenters. The van der Waals surface area contributed by atoms with Crippen molar-refractivity contribution in [2.75, 3.05) is 11.9 Å². The van der Waals surface area contributed by atoms with Gasteiger partial charge in [-0.2, -0.15) is 5.10 Å². The van der Waals surface area contributed by atoms with Gasteiger partial charge in [-0.1, -0.05) is 6.07 Å². The maximum atomic E-state index is 5.68. The quantitative estimate of drug-likeness (QED) is 0.791. The molecule has 0 spiro atoms. The molecule has 24 heavy (non-hydrogen) atoms. The highest BCUT2D eigenvalue weighted by Gasteiger charge is 2.26. The highest BCUT2D eigenvalue weighted by Crippen LogP contribution is 2.37. The fourth-order valence-electron chi connectivity index (χ4n) is 2.98. The van der Waals surface area contributed by atoms with Gasteiger partial charge < -0.3 is 10.1 Å². The minimum atomic E-state index is 0.529. The van der Waals surface area contributed by atoms with E-state index in [0.29, 0.717) is 25.2 Å². The van der Waals surface area contributed by atoms with Gasteiger partial charge in [0.05, 0.1) is 41.6 Å². The van der Waals surface area contributed by atoms with Crippen LogP contribution in [0.25, 0.3) is 21.8 Å². The molecule has 2 aliphatic rings. The molecule has 0 radical (unpaired) electrons. The van der Waals surface area contributed by atoms with Crippen LogP contribution in [0.5, 0.6) is 0 Å². The summed E-state index contributed by atoms with van der Waals surface area (Å²) in [6.07, 6.45) is 4.22. The van der Waals surface area contributed by atoms with Gasteiger partial charge in [0.15, 0.2) is 0 Å². The molecule has 1 aliphatic heterocycles. The van der Waals surface area contributed by atoms with E-state index in [1.165, 1.54) is 12.8 Å². The predicted octanol–water partition coefficient (Wildman–Crippen LogP) is 3.17. The predicted molar refractivity (Wildman–Crippen MR) is 92.9 cm³/mol. The van der Waals surface area contributed by atoms with E-state index in [0.717, 1.165) is 34.1 Å². The fraction of sp³-hybridized carbons (Fsp3) is 0.353. The Bertz CT molecular complexity index is 869. The number of aromatic nitrogens is 4. The highest BCUT2D eigenvalue weighted by molar-refractivity contribution is 7.13. The highest BCUT2D eigenvalue weighted by atomic mass is 32.1. The molecule has 0 saturated heterocycles. The third-order valence-electron chi connectivity index (χ3n) is 4.32. The molecule has 4 heterocycles. The van der Waals surface area contributed by atoms with Crippen molar-refractivity contribution in [1.29, 1.82) is 0 Å². The normalized spacial score (nSPS) is 16.8. The van der Waals surface area contributed by atoms with Crippen molar-refractivity contribution in [3.8, 4) is 21.8 Å². The molecule has 3 aromatic rings. The maximum Gasteiger partial charge on any atom is 0.223 e. The van der Waals surface area contributed by atoms with Gasteiger partial charge in [-0.3, -0.25) is 4.68 Å². The molecule has 0 amide bonds. The molecule has 1 fully saturated rings. The third kappa shape index (κ3) is 2.50. The number of hydrogen-bond acceptors (Lipinski definition) is 6. The van der Waals surface area contributed by atoms with Crippen LogP contribution in [0.3, 0.4) is 0 Å². The van der Waals surface area contributed by atoms with Gasteiger partial charge in [0.1, 0.15) is 5.69 Å². The van der Waals surface area contributed by atoms with Crippen LogP contribution in [-0.4, -0.2) is 32.4 Å². The summed E-state index contributed by atoms with van der Waals surface area (Å²) in [7, 11) is 0. The van der Waals surface area contributed by atoms with Crippen LogP contribution in [-0.2, 0) is 17.9 Å². The van der Waals surface area contributed by atoms with Gasteiger partial charge in [0.2, 0.25) is 5.95 Å². The smallest absolute Gasteiger partial charge is 0.223 e. The lowest BCUT2D eigenvalue weighted by atomic mass is 10.1. The summed E-state index contributed by atoms with van der Waals surface area (Å²) in [6.45, 7) is 2.06. The van der Waals surface area contributed by atoms with Crippen LogP contribution >= 0.6 is 11.3 Å². The molecule has 1 N–H and O–H groups in total. The average molecular weight is 339 g/mol. The number of nitrogens with one attached hydrogen (secondary N) is 1. The summed E-state index contributed by atoms with van der Waals surface area (Å²) < 4.78 is 7.74. The summed E-state index contributed by atoms with van der Waals surface area (Å²) in [5.74, 6) is 0.698. The lowest BCUT2D eigenvalue weighted by Gasteiger charge is -2.15. The molecule has 1 aliphatic carbocycles. The molecular weight excluding hydrogens is 322 g/mol.